The maximum Gasteiger partial charge on any atom is 0.343 e. The fourth-order valence-corrected chi connectivity index (χ4v) is 6.80. The van der Waals surface area contributed by atoms with Gasteiger partial charge < -0.3 is 24.4 Å². The standard InChI is InChI=1S/C50H48O8S2/c1-56-50(55)44-34-43(57-48(53)41-26-18-37(19-27-41)12-10-35-14-22-39(23-15-35)46(59)8-4-2-6-32-51)30-31-45(44)58-49(54)42-28-20-38(21-29-42)13-11-36-16-24-40(25-17-36)47(60)9-5-3-7-33-52/h14-31,34,46-47,51-52,59-60H,2-9,32-33H2,1H3. The molecular weight excluding hydrogens is 793 g/mol. The van der Waals surface area contributed by atoms with Crippen molar-refractivity contribution in [2.75, 3.05) is 20.3 Å². The number of rotatable bonds is 17. The number of hydrogen-bond acceptors (Lipinski definition) is 10. The average molecular weight is 841 g/mol. The van der Waals surface area contributed by atoms with Crippen LogP contribution in [0.4, 0.5) is 0 Å². The van der Waals surface area contributed by atoms with E-state index >= 15 is 0 Å². The van der Waals surface area contributed by atoms with Crippen molar-refractivity contribution >= 4 is 43.2 Å². The molecule has 0 heterocycles. The molecule has 2 unspecified atom stereocenters. The van der Waals surface area contributed by atoms with Gasteiger partial charge in [-0.2, -0.15) is 25.3 Å². The van der Waals surface area contributed by atoms with Gasteiger partial charge in [-0.1, -0.05) is 73.6 Å². The highest BCUT2D eigenvalue weighted by Crippen LogP contribution is 2.29. The summed E-state index contributed by atoms with van der Waals surface area (Å²) in [6.07, 6.45) is 7.48. The van der Waals surface area contributed by atoms with Crippen LogP contribution in [0.15, 0.2) is 115 Å². The fraction of sp³-hybridized carbons (Fsp3) is 0.260. The lowest BCUT2D eigenvalue weighted by atomic mass is 10.0. The van der Waals surface area contributed by atoms with Gasteiger partial charge in [-0.3, -0.25) is 0 Å². The topological polar surface area (TPSA) is 119 Å². The van der Waals surface area contributed by atoms with Crippen LogP contribution in [0, 0.1) is 23.7 Å². The third-order valence-corrected chi connectivity index (χ3v) is 10.7. The third-order valence-electron chi connectivity index (χ3n) is 9.58. The number of methoxy groups -OCH3 is 1. The molecule has 2 N–H and O–H groups in total. The molecule has 60 heavy (non-hydrogen) atoms. The molecule has 0 saturated carbocycles. The zero-order valence-electron chi connectivity index (χ0n) is 33.4. The molecule has 5 rings (SSSR count). The first kappa shape index (κ1) is 45.3. The van der Waals surface area contributed by atoms with Crippen molar-refractivity contribution in [2.45, 2.75) is 61.9 Å². The Morgan fingerprint density at radius 1 is 0.517 bits per heavy atom. The van der Waals surface area contributed by atoms with E-state index in [9.17, 15) is 14.4 Å². The molecule has 2 atom stereocenters. The monoisotopic (exact) mass is 840 g/mol. The molecule has 0 aliphatic heterocycles. The minimum Gasteiger partial charge on any atom is -0.465 e. The summed E-state index contributed by atoms with van der Waals surface area (Å²) >= 11 is 9.43. The van der Waals surface area contributed by atoms with Gasteiger partial charge in [0.25, 0.3) is 0 Å². The molecule has 0 saturated heterocycles. The molecule has 0 aromatic heterocycles. The third kappa shape index (κ3) is 13.9. The van der Waals surface area contributed by atoms with E-state index in [0.717, 1.165) is 73.6 Å². The van der Waals surface area contributed by atoms with Gasteiger partial charge >= 0.3 is 17.9 Å². The summed E-state index contributed by atoms with van der Waals surface area (Å²) in [6, 6.07) is 33.2. The SMILES string of the molecule is COC(=O)c1cc(OC(=O)c2ccc(C#Cc3ccc(C(S)CCCCCO)cc3)cc2)ccc1OC(=O)c1ccc(C#Cc2ccc(C(S)CCCCCO)cc2)cc1. The van der Waals surface area contributed by atoms with E-state index in [-0.39, 0.29) is 51.9 Å². The number of aliphatic hydroxyl groups is 2. The van der Waals surface area contributed by atoms with E-state index in [1.54, 1.807) is 48.5 Å². The largest absolute Gasteiger partial charge is 0.465 e. The molecule has 0 bridgehead atoms. The molecule has 0 spiro atoms. The molecule has 0 amide bonds. The van der Waals surface area contributed by atoms with Crippen molar-refractivity contribution in [2.24, 2.45) is 0 Å². The number of ether oxygens (including phenoxy) is 3. The summed E-state index contributed by atoms with van der Waals surface area (Å²) in [7, 11) is 1.20. The number of carbonyl (C=O) groups excluding carboxylic acids is 3. The van der Waals surface area contributed by atoms with Crippen LogP contribution < -0.4 is 9.47 Å². The molecule has 0 radical (unpaired) electrons. The quantitative estimate of drug-likeness (QED) is 0.0240. The fourth-order valence-electron chi connectivity index (χ4n) is 6.09. The van der Waals surface area contributed by atoms with E-state index in [2.05, 4.69) is 23.7 Å². The number of esters is 3. The number of aliphatic hydroxyl groups excluding tert-OH is 2. The zero-order valence-corrected chi connectivity index (χ0v) is 35.2. The summed E-state index contributed by atoms with van der Waals surface area (Å²) in [4.78, 5) is 38.9. The first-order chi connectivity index (χ1) is 29.2. The molecule has 0 aliphatic rings. The normalized spacial score (nSPS) is 11.6. The second kappa shape index (κ2) is 23.7. The summed E-state index contributed by atoms with van der Waals surface area (Å²) in [6.45, 7) is 0.432. The van der Waals surface area contributed by atoms with E-state index < -0.39 is 17.9 Å². The zero-order chi connectivity index (χ0) is 42.7. The highest BCUT2D eigenvalue weighted by atomic mass is 32.1. The molecule has 10 heteroatoms. The van der Waals surface area contributed by atoms with Gasteiger partial charge in [0.15, 0.2) is 0 Å². The van der Waals surface area contributed by atoms with Crippen molar-refractivity contribution in [3.8, 4) is 35.2 Å². The Balaban J connectivity index is 1.15. The lowest BCUT2D eigenvalue weighted by Gasteiger charge is -2.11. The summed E-state index contributed by atoms with van der Waals surface area (Å²) < 4.78 is 16.1. The van der Waals surface area contributed by atoms with Crippen molar-refractivity contribution in [1.82, 2.24) is 0 Å². The van der Waals surface area contributed by atoms with Crippen molar-refractivity contribution in [3.63, 3.8) is 0 Å². The Labute approximate surface area is 363 Å². The second-order valence-corrected chi connectivity index (χ2v) is 15.3. The van der Waals surface area contributed by atoms with Crippen molar-refractivity contribution < 1.29 is 38.8 Å². The van der Waals surface area contributed by atoms with E-state index in [1.165, 1.54) is 25.3 Å². The highest BCUT2D eigenvalue weighted by Gasteiger charge is 2.20. The van der Waals surface area contributed by atoms with Gasteiger partial charge in [-0.15, -0.1) is 0 Å². The predicted octanol–water partition coefficient (Wildman–Crippen LogP) is 9.76. The Morgan fingerprint density at radius 3 is 1.32 bits per heavy atom. The van der Waals surface area contributed by atoms with E-state index in [1.807, 2.05) is 48.5 Å². The van der Waals surface area contributed by atoms with E-state index in [0.29, 0.717) is 11.1 Å². The van der Waals surface area contributed by atoms with Crippen LogP contribution in [0.25, 0.3) is 0 Å². The maximum atomic E-state index is 13.1. The lowest BCUT2D eigenvalue weighted by molar-refractivity contribution is 0.0589. The molecular formula is C50H48O8S2. The van der Waals surface area contributed by atoms with Crippen LogP contribution >= 0.6 is 25.3 Å². The van der Waals surface area contributed by atoms with Crippen LogP contribution in [0.1, 0.15) is 126 Å². The average Bonchev–Trinajstić information content (AvgIpc) is 3.28. The van der Waals surface area contributed by atoms with Gasteiger partial charge in [0, 0.05) is 46.0 Å². The van der Waals surface area contributed by atoms with Crippen LogP contribution in [-0.4, -0.2) is 48.4 Å². The molecule has 0 aliphatic carbocycles. The van der Waals surface area contributed by atoms with Crippen molar-refractivity contribution in [3.05, 3.63) is 165 Å². The van der Waals surface area contributed by atoms with Gasteiger partial charge in [-0.05, 0) is 128 Å². The Kier molecular flexibility index (Phi) is 17.9. The van der Waals surface area contributed by atoms with E-state index in [4.69, 9.17) is 49.7 Å². The molecule has 5 aromatic carbocycles. The first-order valence-corrected chi connectivity index (χ1v) is 20.9. The summed E-state index contributed by atoms with van der Waals surface area (Å²) in [5.41, 5.74) is 5.75. The highest BCUT2D eigenvalue weighted by molar-refractivity contribution is 7.80. The molecule has 308 valence electrons. The Morgan fingerprint density at radius 2 is 0.917 bits per heavy atom. The first-order valence-electron chi connectivity index (χ1n) is 19.9. The number of unbranched alkanes of at least 4 members (excludes halogenated alkanes) is 4. The van der Waals surface area contributed by atoms with Crippen LogP contribution in [0.2, 0.25) is 0 Å². The number of thiol groups is 2. The van der Waals surface area contributed by atoms with Gasteiger partial charge in [0.1, 0.15) is 17.1 Å². The number of hydrogen-bond donors (Lipinski definition) is 4. The Bertz CT molecular complexity index is 2320. The summed E-state index contributed by atoms with van der Waals surface area (Å²) in [5, 5.41) is 18.2. The molecule has 5 aromatic rings. The predicted molar refractivity (Wildman–Crippen MR) is 240 cm³/mol. The van der Waals surface area contributed by atoms with Crippen LogP contribution in [-0.2, 0) is 4.74 Å². The number of carbonyl (C=O) groups is 3. The summed E-state index contributed by atoms with van der Waals surface area (Å²) in [5.74, 6) is 10.3. The van der Waals surface area contributed by atoms with Crippen molar-refractivity contribution in [1.29, 1.82) is 0 Å². The maximum absolute atomic E-state index is 13.1. The van der Waals surface area contributed by atoms with Gasteiger partial charge in [-0.25, -0.2) is 14.4 Å². The smallest absolute Gasteiger partial charge is 0.343 e. The Hall–Kier alpha value is -5.75. The van der Waals surface area contributed by atoms with Gasteiger partial charge in [0.2, 0.25) is 0 Å². The minimum atomic E-state index is -0.783. The molecule has 0 fully saturated rings. The second-order valence-electron chi connectivity index (χ2n) is 14.0. The van der Waals surface area contributed by atoms with Crippen LogP contribution in [0.3, 0.4) is 0 Å². The van der Waals surface area contributed by atoms with Crippen LogP contribution in [0.5, 0.6) is 11.5 Å². The molecule has 8 nitrogen and oxygen atoms in total. The van der Waals surface area contributed by atoms with Gasteiger partial charge in [0.05, 0.1) is 18.2 Å². The lowest BCUT2D eigenvalue weighted by Crippen LogP contribution is -2.13. The minimum absolute atomic E-state index is 0.0540. The number of benzene rings is 5.